The van der Waals surface area contributed by atoms with Gasteiger partial charge in [-0.1, -0.05) is 17.7 Å². The number of nitrogens with zero attached hydrogens (tertiary/aromatic N) is 2. The molecular weight excluding hydrogens is 264 g/mol. The lowest BCUT2D eigenvalue weighted by Crippen LogP contribution is -2.16. The fraction of sp³-hybridized carbons (Fsp3) is 0.154. The van der Waals surface area contributed by atoms with Crippen LogP contribution in [0.5, 0.6) is 0 Å². The monoisotopic (exact) mass is 276 g/mol. The summed E-state index contributed by atoms with van der Waals surface area (Å²) in [5.74, 6) is -0.150. The highest BCUT2D eigenvalue weighted by Crippen LogP contribution is 2.18. The van der Waals surface area contributed by atoms with Crippen LogP contribution in [0.4, 0.5) is 11.6 Å². The molecule has 0 spiro atoms. The number of rotatable bonds is 2. The first-order chi connectivity index (χ1) is 8.97. The molecule has 98 valence electrons. The molecule has 0 atom stereocenters. The molecule has 1 aromatic heterocycles. The molecule has 1 amide bonds. The second-order valence-electron chi connectivity index (χ2n) is 4.18. The van der Waals surface area contributed by atoms with E-state index in [0.717, 1.165) is 11.1 Å². The topological polar surface area (TPSA) is 80.9 Å². The van der Waals surface area contributed by atoms with E-state index in [2.05, 4.69) is 15.3 Å². The molecule has 0 fully saturated rings. The number of anilines is 2. The van der Waals surface area contributed by atoms with E-state index >= 15 is 0 Å². The van der Waals surface area contributed by atoms with E-state index in [1.54, 1.807) is 6.07 Å². The average Bonchev–Trinajstić information content (AvgIpc) is 2.33. The number of aromatic nitrogens is 2. The predicted octanol–water partition coefficient (Wildman–Crippen LogP) is 2.58. The number of halogens is 1. The van der Waals surface area contributed by atoms with Gasteiger partial charge < -0.3 is 5.73 Å². The lowest BCUT2D eigenvalue weighted by atomic mass is 10.0. The summed E-state index contributed by atoms with van der Waals surface area (Å²) in [6.45, 7) is 3.74. The van der Waals surface area contributed by atoms with Crippen LogP contribution >= 0.6 is 11.6 Å². The number of hydrogen-bond donors (Lipinski definition) is 2. The van der Waals surface area contributed by atoms with Crippen molar-refractivity contribution in [1.29, 1.82) is 0 Å². The van der Waals surface area contributed by atoms with Crippen LogP contribution in [0.1, 0.15) is 21.5 Å². The van der Waals surface area contributed by atoms with Crippen molar-refractivity contribution < 1.29 is 4.79 Å². The van der Waals surface area contributed by atoms with Gasteiger partial charge in [0.25, 0.3) is 5.91 Å². The maximum atomic E-state index is 12.1. The Hall–Kier alpha value is -2.14. The molecule has 0 radical (unpaired) electrons. The standard InChI is InChI=1S/C13H13ClN4O/c1-7-5-8(2)10(15)6-9(7)12(19)18-13-16-4-3-11(14)17-13/h3-6H,15H2,1-2H3,(H,16,17,18,19). The number of carbonyl (C=O) groups is 1. The van der Waals surface area contributed by atoms with E-state index in [4.69, 9.17) is 17.3 Å². The molecule has 0 saturated carbocycles. The molecule has 0 aliphatic carbocycles. The van der Waals surface area contributed by atoms with Crippen molar-refractivity contribution in [2.24, 2.45) is 0 Å². The van der Waals surface area contributed by atoms with Gasteiger partial charge in [-0.25, -0.2) is 9.97 Å². The smallest absolute Gasteiger partial charge is 0.258 e. The van der Waals surface area contributed by atoms with E-state index in [1.807, 2.05) is 19.9 Å². The molecule has 6 heteroatoms. The van der Waals surface area contributed by atoms with Gasteiger partial charge in [0.05, 0.1) is 0 Å². The van der Waals surface area contributed by atoms with Gasteiger partial charge in [-0.2, -0.15) is 0 Å². The van der Waals surface area contributed by atoms with Gasteiger partial charge in [0.2, 0.25) is 5.95 Å². The van der Waals surface area contributed by atoms with Crippen molar-refractivity contribution in [2.75, 3.05) is 11.1 Å². The SMILES string of the molecule is Cc1cc(C)c(C(=O)Nc2nccc(Cl)n2)cc1N. The van der Waals surface area contributed by atoms with Crippen molar-refractivity contribution in [1.82, 2.24) is 9.97 Å². The van der Waals surface area contributed by atoms with Crippen LogP contribution in [0.15, 0.2) is 24.4 Å². The lowest BCUT2D eigenvalue weighted by Gasteiger charge is -2.09. The third kappa shape index (κ3) is 3.00. The number of amides is 1. The summed E-state index contributed by atoms with van der Waals surface area (Å²) < 4.78 is 0. The highest BCUT2D eigenvalue weighted by molar-refractivity contribution is 6.29. The predicted molar refractivity (Wildman–Crippen MR) is 75.3 cm³/mol. The van der Waals surface area contributed by atoms with Gasteiger partial charge in [-0.05, 0) is 37.1 Å². The fourth-order valence-electron chi connectivity index (χ4n) is 1.68. The Kier molecular flexibility index (Phi) is 3.66. The zero-order chi connectivity index (χ0) is 14.0. The maximum Gasteiger partial charge on any atom is 0.258 e. The van der Waals surface area contributed by atoms with E-state index in [9.17, 15) is 4.79 Å². The van der Waals surface area contributed by atoms with E-state index < -0.39 is 0 Å². The van der Waals surface area contributed by atoms with Gasteiger partial charge in [0.15, 0.2) is 0 Å². The van der Waals surface area contributed by atoms with E-state index in [-0.39, 0.29) is 17.0 Å². The Balaban J connectivity index is 2.28. The highest BCUT2D eigenvalue weighted by atomic mass is 35.5. The summed E-state index contributed by atoms with van der Waals surface area (Å²) in [5, 5.41) is 2.85. The number of hydrogen-bond acceptors (Lipinski definition) is 4. The largest absolute Gasteiger partial charge is 0.398 e. The molecule has 1 aromatic carbocycles. The lowest BCUT2D eigenvalue weighted by molar-refractivity contribution is 0.102. The maximum absolute atomic E-state index is 12.1. The third-order valence-corrected chi connectivity index (χ3v) is 2.92. The van der Waals surface area contributed by atoms with Crippen molar-refractivity contribution in [3.63, 3.8) is 0 Å². The van der Waals surface area contributed by atoms with Crippen molar-refractivity contribution >= 4 is 29.1 Å². The first-order valence-electron chi connectivity index (χ1n) is 5.64. The average molecular weight is 277 g/mol. The van der Waals surface area contributed by atoms with E-state index in [0.29, 0.717) is 11.3 Å². The Labute approximate surface area is 115 Å². The Morgan fingerprint density at radius 3 is 2.74 bits per heavy atom. The minimum atomic E-state index is -0.313. The first-order valence-corrected chi connectivity index (χ1v) is 6.02. The van der Waals surface area contributed by atoms with Gasteiger partial charge in [0, 0.05) is 17.4 Å². The Morgan fingerprint density at radius 1 is 1.32 bits per heavy atom. The van der Waals surface area contributed by atoms with Crippen LogP contribution in [0.25, 0.3) is 0 Å². The molecule has 0 aliphatic rings. The summed E-state index contributed by atoms with van der Waals surface area (Å²) in [7, 11) is 0. The van der Waals surface area contributed by atoms with Crippen LogP contribution in [0, 0.1) is 13.8 Å². The van der Waals surface area contributed by atoms with Crippen LogP contribution < -0.4 is 11.1 Å². The minimum absolute atomic E-state index is 0.163. The Morgan fingerprint density at radius 2 is 2.05 bits per heavy atom. The molecule has 0 unspecified atom stereocenters. The summed E-state index contributed by atoms with van der Waals surface area (Å²) >= 11 is 5.73. The molecule has 0 saturated heterocycles. The Bertz CT molecular complexity index is 643. The molecule has 2 aromatic rings. The molecule has 0 bridgehead atoms. The van der Waals surface area contributed by atoms with Crippen LogP contribution in [-0.4, -0.2) is 15.9 Å². The van der Waals surface area contributed by atoms with Crippen molar-refractivity contribution in [3.8, 4) is 0 Å². The fourth-order valence-corrected chi connectivity index (χ4v) is 1.82. The minimum Gasteiger partial charge on any atom is -0.398 e. The first kappa shape index (κ1) is 13.3. The van der Waals surface area contributed by atoms with Gasteiger partial charge >= 0.3 is 0 Å². The van der Waals surface area contributed by atoms with Gasteiger partial charge in [0.1, 0.15) is 5.15 Å². The molecule has 3 N–H and O–H groups in total. The summed E-state index contributed by atoms with van der Waals surface area (Å²) in [5.41, 5.74) is 8.65. The van der Waals surface area contributed by atoms with Crippen LogP contribution in [-0.2, 0) is 0 Å². The van der Waals surface area contributed by atoms with Crippen LogP contribution in [0.2, 0.25) is 5.15 Å². The third-order valence-electron chi connectivity index (χ3n) is 2.70. The van der Waals surface area contributed by atoms with Gasteiger partial charge in [-0.15, -0.1) is 0 Å². The number of benzene rings is 1. The summed E-state index contributed by atoms with van der Waals surface area (Å²) in [6.07, 6.45) is 1.47. The number of nitrogens with one attached hydrogen (secondary N) is 1. The van der Waals surface area contributed by atoms with E-state index in [1.165, 1.54) is 12.3 Å². The summed E-state index contributed by atoms with van der Waals surface area (Å²) in [6, 6.07) is 5.04. The molecular formula is C13H13ClN4O. The van der Waals surface area contributed by atoms with Gasteiger partial charge in [-0.3, -0.25) is 10.1 Å². The number of carbonyl (C=O) groups excluding carboxylic acids is 1. The zero-order valence-corrected chi connectivity index (χ0v) is 11.3. The second kappa shape index (κ2) is 5.24. The van der Waals surface area contributed by atoms with Crippen molar-refractivity contribution in [2.45, 2.75) is 13.8 Å². The molecule has 19 heavy (non-hydrogen) atoms. The van der Waals surface area contributed by atoms with Crippen molar-refractivity contribution in [3.05, 3.63) is 46.2 Å². The quantitative estimate of drug-likeness (QED) is 0.652. The zero-order valence-electron chi connectivity index (χ0n) is 10.6. The molecule has 5 nitrogen and oxygen atoms in total. The number of nitrogens with two attached hydrogens (primary N) is 1. The molecule has 2 rings (SSSR count). The highest BCUT2D eigenvalue weighted by Gasteiger charge is 2.12. The molecule has 1 heterocycles. The number of aryl methyl sites for hydroxylation is 2. The summed E-state index contributed by atoms with van der Waals surface area (Å²) in [4.78, 5) is 19.9. The molecule has 0 aliphatic heterocycles. The van der Waals surface area contributed by atoms with Crippen LogP contribution in [0.3, 0.4) is 0 Å². The number of nitrogen functional groups attached to an aromatic ring is 1. The normalized spacial score (nSPS) is 10.3. The second-order valence-corrected chi connectivity index (χ2v) is 4.57.